The van der Waals surface area contributed by atoms with E-state index in [1.54, 1.807) is 25.1 Å². The highest BCUT2D eigenvalue weighted by atomic mass is 32.2. The second-order valence-electron chi connectivity index (χ2n) is 3.22. The van der Waals surface area contributed by atoms with E-state index in [0.29, 0.717) is 12.0 Å². The molecule has 0 aliphatic rings. The van der Waals surface area contributed by atoms with Crippen LogP contribution in [-0.2, 0) is 21.2 Å². The molecule has 0 spiro atoms. The molecule has 0 radical (unpaired) electrons. The number of ketones is 1. The van der Waals surface area contributed by atoms with E-state index >= 15 is 0 Å². The molecule has 0 heterocycles. The summed E-state index contributed by atoms with van der Waals surface area (Å²) in [5.74, 6) is -0.00824. The van der Waals surface area contributed by atoms with E-state index in [1.165, 1.54) is 6.07 Å². The summed E-state index contributed by atoms with van der Waals surface area (Å²) in [5, 5.41) is 5.04. The van der Waals surface area contributed by atoms with Gasteiger partial charge in [0.2, 0.25) is 10.0 Å². The van der Waals surface area contributed by atoms with E-state index in [1.807, 2.05) is 0 Å². The summed E-state index contributed by atoms with van der Waals surface area (Å²) >= 11 is 0. The van der Waals surface area contributed by atoms with Crippen LogP contribution in [0.5, 0.6) is 0 Å². The van der Waals surface area contributed by atoms with Crippen LogP contribution in [0.15, 0.2) is 29.2 Å². The second-order valence-corrected chi connectivity index (χ2v) is 4.75. The van der Waals surface area contributed by atoms with Crippen molar-refractivity contribution in [3.63, 3.8) is 0 Å². The van der Waals surface area contributed by atoms with Gasteiger partial charge in [0.1, 0.15) is 5.78 Å². The highest BCUT2D eigenvalue weighted by molar-refractivity contribution is 7.89. The average Bonchev–Trinajstić information content (AvgIpc) is 2.17. The van der Waals surface area contributed by atoms with Crippen molar-refractivity contribution in [1.29, 1.82) is 0 Å². The molecule has 2 N–H and O–H groups in total. The Labute approximate surface area is 89.2 Å². The Hall–Kier alpha value is -1.20. The third-order valence-corrected chi connectivity index (χ3v) is 3.07. The summed E-state index contributed by atoms with van der Waals surface area (Å²) < 4.78 is 22.4. The zero-order valence-electron chi connectivity index (χ0n) is 8.43. The lowest BCUT2D eigenvalue weighted by molar-refractivity contribution is -0.118. The fraction of sp³-hybridized carbons (Fsp3) is 0.300. The van der Waals surface area contributed by atoms with Gasteiger partial charge < -0.3 is 0 Å². The Bertz CT molecular complexity index is 465. The summed E-state index contributed by atoms with van der Waals surface area (Å²) in [7, 11) is -3.74. The highest BCUT2D eigenvalue weighted by Gasteiger charge is 2.14. The molecule has 0 amide bonds. The van der Waals surface area contributed by atoms with E-state index in [0.717, 1.165) is 0 Å². The van der Waals surface area contributed by atoms with Crippen molar-refractivity contribution in [2.45, 2.75) is 24.7 Å². The van der Waals surface area contributed by atoms with E-state index in [4.69, 9.17) is 5.14 Å². The predicted octanol–water partition coefficient (Wildman–Crippen LogP) is 0.856. The third kappa shape index (κ3) is 3.14. The number of carbonyl (C=O) groups excluding carboxylic acids is 1. The van der Waals surface area contributed by atoms with E-state index in [2.05, 4.69) is 0 Å². The van der Waals surface area contributed by atoms with Gasteiger partial charge in [0, 0.05) is 12.8 Å². The number of carbonyl (C=O) groups is 1. The normalized spacial score (nSPS) is 11.3. The Morgan fingerprint density at radius 2 is 1.93 bits per heavy atom. The highest BCUT2D eigenvalue weighted by Crippen LogP contribution is 2.14. The van der Waals surface area contributed by atoms with Crippen LogP contribution < -0.4 is 5.14 Å². The minimum Gasteiger partial charge on any atom is -0.299 e. The van der Waals surface area contributed by atoms with Gasteiger partial charge in [0.25, 0.3) is 0 Å². The number of rotatable bonds is 4. The summed E-state index contributed by atoms with van der Waals surface area (Å²) in [6.45, 7) is 1.74. The minimum atomic E-state index is -3.74. The maximum Gasteiger partial charge on any atom is 0.238 e. The molecule has 0 aliphatic heterocycles. The maximum atomic E-state index is 11.2. The molecule has 82 valence electrons. The molecule has 0 saturated heterocycles. The van der Waals surface area contributed by atoms with E-state index in [9.17, 15) is 13.2 Å². The van der Waals surface area contributed by atoms with Crippen molar-refractivity contribution in [2.75, 3.05) is 0 Å². The minimum absolute atomic E-state index is 0.00824. The fourth-order valence-corrected chi connectivity index (χ4v) is 2.04. The van der Waals surface area contributed by atoms with E-state index in [-0.39, 0.29) is 17.1 Å². The van der Waals surface area contributed by atoms with Crippen LogP contribution in [0.25, 0.3) is 0 Å². The molecule has 0 aromatic heterocycles. The monoisotopic (exact) mass is 227 g/mol. The molecule has 15 heavy (non-hydrogen) atoms. The van der Waals surface area contributed by atoms with Gasteiger partial charge in [-0.15, -0.1) is 0 Å². The van der Waals surface area contributed by atoms with Gasteiger partial charge in [0.05, 0.1) is 4.90 Å². The largest absolute Gasteiger partial charge is 0.299 e. The summed E-state index contributed by atoms with van der Waals surface area (Å²) in [4.78, 5) is 11.3. The molecule has 0 atom stereocenters. The number of hydrogen-bond donors (Lipinski definition) is 1. The van der Waals surface area contributed by atoms with Gasteiger partial charge in [0.15, 0.2) is 0 Å². The average molecular weight is 227 g/mol. The van der Waals surface area contributed by atoms with E-state index < -0.39 is 10.0 Å². The van der Waals surface area contributed by atoms with Crippen molar-refractivity contribution < 1.29 is 13.2 Å². The van der Waals surface area contributed by atoms with Gasteiger partial charge >= 0.3 is 0 Å². The Kier molecular flexibility index (Phi) is 3.60. The Balaban J connectivity index is 3.13. The van der Waals surface area contributed by atoms with Gasteiger partial charge in [-0.2, -0.15) is 0 Å². The van der Waals surface area contributed by atoms with Gasteiger partial charge in [-0.25, -0.2) is 13.6 Å². The first kappa shape index (κ1) is 11.9. The number of Topliss-reactive ketones (excluding diaryl/α,β-unsaturated/α-hetero) is 1. The van der Waals surface area contributed by atoms with Crippen molar-refractivity contribution in [3.8, 4) is 0 Å². The molecule has 1 aromatic rings. The van der Waals surface area contributed by atoms with Gasteiger partial charge in [-0.1, -0.05) is 25.1 Å². The SMILES string of the molecule is CCC(=O)Cc1ccccc1S(N)(=O)=O. The zero-order chi connectivity index (χ0) is 11.5. The Morgan fingerprint density at radius 1 is 1.33 bits per heavy atom. The smallest absolute Gasteiger partial charge is 0.238 e. The quantitative estimate of drug-likeness (QED) is 0.828. The Morgan fingerprint density at radius 3 is 2.47 bits per heavy atom. The molecule has 5 heteroatoms. The lowest BCUT2D eigenvalue weighted by Crippen LogP contribution is -2.15. The van der Waals surface area contributed by atoms with Crippen LogP contribution in [-0.4, -0.2) is 14.2 Å². The molecule has 0 aliphatic carbocycles. The van der Waals surface area contributed by atoms with Gasteiger partial charge in [-0.3, -0.25) is 4.79 Å². The number of primary sulfonamides is 1. The van der Waals surface area contributed by atoms with Crippen LogP contribution in [0.2, 0.25) is 0 Å². The van der Waals surface area contributed by atoms with Crippen molar-refractivity contribution >= 4 is 15.8 Å². The van der Waals surface area contributed by atoms with Crippen LogP contribution in [0.3, 0.4) is 0 Å². The first-order chi connectivity index (χ1) is 6.95. The predicted molar refractivity (Wildman–Crippen MR) is 56.8 cm³/mol. The van der Waals surface area contributed by atoms with Crippen molar-refractivity contribution in [2.24, 2.45) is 5.14 Å². The summed E-state index contributed by atoms with van der Waals surface area (Å²) in [5.41, 5.74) is 0.465. The lowest BCUT2D eigenvalue weighted by atomic mass is 10.1. The standard InChI is InChI=1S/C10H13NO3S/c1-2-9(12)7-8-5-3-4-6-10(8)15(11,13)14/h3-6H,2,7H2,1H3,(H2,11,13,14). The first-order valence-corrected chi connectivity index (χ1v) is 6.12. The molecule has 0 unspecified atom stereocenters. The number of hydrogen-bond acceptors (Lipinski definition) is 3. The van der Waals surface area contributed by atoms with Crippen LogP contribution in [0.4, 0.5) is 0 Å². The fourth-order valence-electron chi connectivity index (χ4n) is 1.26. The maximum absolute atomic E-state index is 11.2. The molecule has 1 rings (SSSR count). The second kappa shape index (κ2) is 4.55. The molecular formula is C10H13NO3S. The third-order valence-electron chi connectivity index (χ3n) is 2.06. The van der Waals surface area contributed by atoms with Crippen LogP contribution in [0, 0.1) is 0 Å². The molecule has 4 nitrogen and oxygen atoms in total. The molecule has 0 saturated carbocycles. The molecular weight excluding hydrogens is 214 g/mol. The van der Waals surface area contributed by atoms with Gasteiger partial charge in [-0.05, 0) is 11.6 Å². The van der Waals surface area contributed by atoms with Crippen molar-refractivity contribution in [3.05, 3.63) is 29.8 Å². The molecule has 0 bridgehead atoms. The number of nitrogens with two attached hydrogens (primary N) is 1. The summed E-state index contributed by atoms with van der Waals surface area (Å²) in [6.07, 6.45) is 0.502. The first-order valence-electron chi connectivity index (χ1n) is 4.57. The number of benzene rings is 1. The van der Waals surface area contributed by atoms with Crippen LogP contribution in [0.1, 0.15) is 18.9 Å². The topological polar surface area (TPSA) is 77.2 Å². The lowest BCUT2D eigenvalue weighted by Gasteiger charge is -2.05. The number of sulfonamides is 1. The van der Waals surface area contributed by atoms with Crippen LogP contribution >= 0.6 is 0 Å². The molecule has 1 aromatic carbocycles. The summed E-state index contributed by atoms with van der Waals surface area (Å²) in [6, 6.07) is 6.29. The van der Waals surface area contributed by atoms with Crippen molar-refractivity contribution in [1.82, 2.24) is 0 Å². The zero-order valence-corrected chi connectivity index (χ0v) is 9.25. The molecule has 0 fully saturated rings.